The molecule has 5 nitrogen and oxygen atoms in total. The summed E-state index contributed by atoms with van der Waals surface area (Å²) >= 11 is 12.2. The number of rotatable bonds is 5. The van der Waals surface area contributed by atoms with Crippen LogP contribution < -0.4 is 5.32 Å². The fourth-order valence-electron chi connectivity index (χ4n) is 5.23. The number of hydrogen-bond donors (Lipinski definition) is 1. The minimum atomic E-state index is -0.0329. The van der Waals surface area contributed by atoms with Crippen molar-refractivity contribution in [1.82, 2.24) is 19.8 Å². The maximum Gasteiger partial charge on any atom is 0.170 e. The van der Waals surface area contributed by atoms with Gasteiger partial charge < -0.3 is 19.5 Å². The van der Waals surface area contributed by atoms with Crippen LogP contribution in [0.5, 0.6) is 0 Å². The van der Waals surface area contributed by atoms with Gasteiger partial charge in [-0.3, -0.25) is 4.98 Å². The lowest BCUT2D eigenvalue weighted by molar-refractivity contribution is 0.0842. The first-order valence-corrected chi connectivity index (χ1v) is 12.3. The summed E-state index contributed by atoms with van der Waals surface area (Å²) in [6.07, 6.45) is 4.22. The van der Waals surface area contributed by atoms with Crippen molar-refractivity contribution < 1.29 is 4.74 Å². The Bertz CT molecular complexity index is 1170. The average Bonchev–Trinajstić information content (AvgIpc) is 3.50. The van der Waals surface area contributed by atoms with E-state index in [0.717, 1.165) is 47.5 Å². The second-order valence-electron chi connectivity index (χ2n) is 9.01. The Hall–Kier alpha value is -2.41. The zero-order chi connectivity index (χ0) is 23.1. The molecule has 2 fully saturated rings. The van der Waals surface area contributed by atoms with Crippen LogP contribution in [-0.4, -0.2) is 38.8 Å². The molecule has 0 unspecified atom stereocenters. The molecule has 0 bridgehead atoms. The van der Waals surface area contributed by atoms with Gasteiger partial charge >= 0.3 is 0 Å². The lowest BCUT2D eigenvalue weighted by atomic mass is 9.96. The smallest absolute Gasteiger partial charge is 0.170 e. The molecular weight excluding hydrogens is 452 g/mol. The summed E-state index contributed by atoms with van der Waals surface area (Å²) in [5, 5.41) is 5.06. The van der Waals surface area contributed by atoms with Gasteiger partial charge in [-0.25, -0.2) is 0 Å². The Morgan fingerprint density at radius 2 is 2.03 bits per heavy atom. The number of benzene rings is 1. The van der Waals surface area contributed by atoms with Crippen LogP contribution in [0.15, 0.2) is 48.7 Å². The van der Waals surface area contributed by atoms with Crippen molar-refractivity contribution in [1.29, 1.82) is 0 Å². The van der Waals surface area contributed by atoms with Gasteiger partial charge in [-0.1, -0.05) is 23.7 Å². The summed E-state index contributed by atoms with van der Waals surface area (Å²) in [5.74, 6) is 0. The first-order valence-electron chi connectivity index (χ1n) is 11.5. The second kappa shape index (κ2) is 9.09. The van der Waals surface area contributed by atoms with Crippen molar-refractivity contribution in [2.75, 3.05) is 13.2 Å². The van der Waals surface area contributed by atoms with Crippen LogP contribution in [0.3, 0.4) is 0 Å². The van der Waals surface area contributed by atoms with Crippen molar-refractivity contribution in [3.05, 3.63) is 81.9 Å². The van der Waals surface area contributed by atoms with Crippen LogP contribution in [0.2, 0.25) is 5.02 Å². The van der Waals surface area contributed by atoms with E-state index in [2.05, 4.69) is 58.7 Å². The molecule has 2 aliphatic rings. The Morgan fingerprint density at radius 1 is 1.18 bits per heavy atom. The lowest BCUT2D eigenvalue weighted by Crippen LogP contribution is -2.36. The summed E-state index contributed by atoms with van der Waals surface area (Å²) in [5.41, 5.74) is 6.88. The highest BCUT2D eigenvalue weighted by Gasteiger charge is 2.42. The number of halogens is 1. The number of aromatic nitrogens is 2. The van der Waals surface area contributed by atoms with Crippen LogP contribution in [0.4, 0.5) is 0 Å². The van der Waals surface area contributed by atoms with E-state index in [1.165, 1.54) is 22.5 Å². The molecule has 4 heterocycles. The van der Waals surface area contributed by atoms with Gasteiger partial charge in [-0.15, -0.1) is 0 Å². The molecule has 3 atom stereocenters. The molecule has 0 saturated carbocycles. The Morgan fingerprint density at radius 3 is 2.76 bits per heavy atom. The zero-order valence-corrected chi connectivity index (χ0v) is 20.8. The summed E-state index contributed by atoms with van der Waals surface area (Å²) in [6, 6.07) is 14.4. The Labute approximate surface area is 205 Å². The van der Waals surface area contributed by atoms with E-state index in [4.69, 9.17) is 28.6 Å². The molecule has 2 aliphatic heterocycles. The van der Waals surface area contributed by atoms with Gasteiger partial charge in [0.25, 0.3) is 0 Å². The number of hydrogen-bond acceptors (Lipinski definition) is 3. The van der Waals surface area contributed by atoms with E-state index in [0.29, 0.717) is 0 Å². The fraction of sp³-hybridized carbons (Fsp3) is 0.385. The molecule has 1 aromatic carbocycles. The maximum absolute atomic E-state index is 6.38. The molecule has 2 saturated heterocycles. The molecule has 0 aliphatic carbocycles. The van der Waals surface area contributed by atoms with E-state index in [9.17, 15) is 0 Å². The van der Waals surface area contributed by atoms with Crippen LogP contribution in [0, 0.1) is 20.8 Å². The third-order valence-electron chi connectivity index (χ3n) is 6.82. The highest BCUT2D eigenvalue weighted by molar-refractivity contribution is 7.80. The monoisotopic (exact) mass is 480 g/mol. The molecular formula is C26H29ClN4OS. The van der Waals surface area contributed by atoms with Crippen LogP contribution in [0.25, 0.3) is 5.69 Å². The Kier molecular flexibility index (Phi) is 6.16. The van der Waals surface area contributed by atoms with Gasteiger partial charge in [0.2, 0.25) is 0 Å². The highest BCUT2D eigenvalue weighted by atomic mass is 35.5. The summed E-state index contributed by atoms with van der Waals surface area (Å²) in [4.78, 5) is 6.98. The molecule has 5 rings (SSSR count). The van der Waals surface area contributed by atoms with Gasteiger partial charge in [0.1, 0.15) is 0 Å². The first kappa shape index (κ1) is 22.4. The maximum atomic E-state index is 6.38. The summed E-state index contributed by atoms with van der Waals surface area (Å²) in [6.45, 7) is 8.06. The van der Waals surface area contributed by atoms with E-state index < -0.39 is 0 Å². The summed E-state index contributed by atoms with van der Waals surface area (Å²) in [7, 11) is 0. The molecule has 172 valence electrons. The number of nitrogens with zero attached hydrogens (tertiary/aromatic N) is 3. The average molecular weight is 481 g/mol. The molecule has 0 radical (unpaired) electrons. The van der Waals surface area contributed by atoms with Crippen molar-refractivity contribution in [3.8, 4) is 5.69 Å². The molecule has 0 amide bonds. The largest absolute Gasteiger partial charge is 0.376 e. The van der Waals surface area contributed by atoms with E-state index in [1.54, 1.807) is 0 Å². The van der Waals surface area contributed by atoms with E-state index >= 15 is 0 Å². The van der Waals surface area contributed by atoms with Gasteiger partial charge in [-0.2, -0.15) is 0 Å². The quantitative estimate of drug-likeness (QED) is 0.481. The van der Waals surface area contributed by atoms with Crippen molar-refractivity contribution >= 4 is 28.9 Å². The predicted molar refractivity (Wildman–Crippen MR) is 136 cm³/mol. The van der Waals surface area contributed by atoms with Crippen molar-refractivity contribution in [3.63, 3.8) is 0 Å². The molecule has 33 heavy (non-hydrogen) atoms. The van der Waals surface area contributed by atoms with E-state index in [-0.39, 0.29) is 18.2 Å². The fourth-order valence-corrected chi connectivity index (χ4v) is 5.71. The zero-order valence-electron chi connectivity index (χ0n) is 19.2. The molecule has 2 aromatic heterocycles. The number of pyridine rings is 1. The third-order valence-corrected chi connectivity index (χ3v) is 7.41. The van der Waals surface area contributed by atoms with Crippen molar-refractivity contribution in [2.24, 2.45) is 0 Å². The van der Waals surface area contributed by atoms with Gasteiger partial charge in [0.15, 0.2) is 5.11 Å². The predicted octanol–water partition coefficient (Wildman–Crippen LogP) is 5.60. The topological polar surface area (TPSA) is 42.3 Å². The second-order valence-corrected chi connectivity index (χ2v) is 9.83. The molecule has 7 heteroatoms. The molecule has 1 N–H and O–H groups in total. The van der Waals surface area contributed by atoms with Gasteiger partial charge in [0.05, 0.1) is 23.9 Å². The van der Waals surface area contributed by atoms with Gasteiger partial charge in [0, 0.05) is 41.4 Å². The van der Waals surface area contributed by atoms with Crippen LogP contribution in [-0.2, 0) is 4.74 Å². The number of thiocarbonyl (C=S) groups is 1. The van der Waals surface area contributed by atoms with Crippen LogP contribution >= 0.6 is 23.8 Å². The highest BCUT2D eigenvalue weighted by Crippen LogP contribution is 2.42. The molecule has 0 spiro atoms. The van der Waals surface area contributed by atoms with Crippen LogP contribution in [0.1, 0.15) is 53.1 Å². The van der Waals surface area contributed by atoms with E-state index in [1.807, 2.05) is 30.5 Å². The first-order chi connectivity index (χ1) is 15.9. The lowest BCUT2D eigenvalue weighted by Gasteiger charge is -2.30. The van der Waals surface area contributed by atoms with Gasteiger partial charge in [-0.05, 0) is 87.3 Å². The minimum Gasteiger partial charge on any atom is -0.376 e. The normalized spacial score (nSPS) is 22.7. The number of aryl methyl sites for hydroxylation is 2. The standard InChI is InChI=1S/C26H29ClN4OS/c1-16-9-10-19(27)14-23(16)31-17(2)13-21(18(31)3)25-24(22-8-4-5-11-28-22)29-26(33)30(25)15-20-7-6-12-32-20/h4-5,8-11,13-14,20,24-25H,6-7,12,15H2,1-3H3,(H,29,33)/t20-,24-,25-/m1/s1. The Balaban J connectivity index is 1.61. The number of ether oxygens (including phenoxy) is 1. The minimum absolute atomic E-state index is 0.0241. The molecule has 3 aromatic rings. The number of nitrogens with one attached hydrogen (secondary N) is 1. The summed E-state index contributed by atoms with van der Waals surface area (Å²) < 4.78 is 8.28. The van der Waals surface area contributed by atoms with Crippen molar-refractivity contribution in [2.45, 2.75) is 51.8 Å². The SMILES string of the molecule is Cc1ccc(Cl)cc1-n1c(C)cc([C@@H]2[C@@H](c3ccccn3)NC(=S)N2C[C@H]2CCCO2)c1C. The third kappa shape index (κ3) is 4.16.